The molecule has 0 aromatic carbocycles. The highest BCUT2D eigenvalue weighted by Gasteiger charge is 2.36. The molecule has 0 aliphatic rings. The van der Waals surface area contributed by atoms with Crippen LogP contribution in [0.5, 0.6) is 0 Å². The third-order valence-electron chi connectivity index (χ3n) is 1.71. The van der Waals surface area contributed by atoms with E-state index in [0.717, 1.165) is 0 Å². The normalized spacial score (nSPS) is 13.6. The van der Waals surface area contributed by atoms with Crippen LogP contribution in [-0.4, -0.2) is 57.0 Å². The summed E-state index contributed by atoms with van der Waals surface area (Å²) in [5, 5.41) is 34.0. The van der Waals surface area contributed by atoms with Crippen LogP contribution in [0.1, 0.15) is 6.42 Å². The highest BCUT2D eigenvalue weighted by atomic mass is 16.5. The summed E-state index contributed by atoms with van der Waals surface area (Å²) in [5.74, 6) is -8.30. The van der Waals surface area contributed by atoms with Crippen molar-refractivity contribution in [1.82, 2.24) is 0 Å². The van der Waals surface area contributed by atoms with Gasteiger partial charge < -0.3 is 25.2 Å². The number of rotatable bonds is 8. The molecule has 17 heavy (non-hydrogen) atoms. The molecule has 2 unspecified atom stereocenters. The number of carboxylic acids is 4. The molecule has 0 radical (unpaired) electrons. The van der Waals surface area contributed by atoms with Gasteiger partial charge in [-0.25, -0.2) is 9.59 Å². The van der Waals surface area contributed by atoms with Gasteiger partial charge in [0.2, 0.25) is 0 Å². The lowest BCUT2D eigenvalue weighted by Gasteiger charge is -2.18. The van der Waals surface area contributed by atoms with Crippen molar-refractivity contribution in [2.24, 2.45) is 5.92 Å². The number of hydrogen-bond acceptors (Lipinski definition) is 5. The molecule has 4 N–H and O–H groups in total. The Hall–Kier alpha value is -2.16. The van der Waals surface area contributed by atoms with E-state index in [4.69, 9.17) is 20.4 Å². The van der Waals surface area contributed by atoms with E-state index in [1.54, 1.807) is 0 Å². The van der Waals surface area contributed by atoms with Gasteiger partial charge in [-0.1, -0.05) is 0 Å². The van der Waals surface area contributed by atoms with Gasteiger partial charge in [-0.15, -0.1) is 0 Å². The largest absolute Gasteiger partial charge is 0.481 e. The van der Waals surface area contributed by atoms with Crippen LogP contribution >= 0.6 is 0 Å². The maximum absolute atomic E-state index is 10.7. The summed E-state index contributed by atoms with van der Waals surface area (Å²) in [6, 6.07) is 0. The zero-order valence-corrected chi connectivity index (χ0v) is 8.40. The van der Waals surface area contributed by atoms with Gasteiger partial charge in [0.15, 0.2) is 6.10 Å². The van der Waals surface area contributed by atoms with E-state index in [1.807, 2.05) is 0 Å². The Labute approximate surface area is 94.2 Å². The zero-order valence-electron chi connectivity index (χ0n) is 8.40. The third kappa shape index (κ3) is 5.47. The fourth-order valence-electron chi connectivity index (χ4n) is 1.03. The Balaban J connectivity index is 4.83. The smallest absolute Gasteiger partial charge is 0.333 e. The Bertz CT molecular complexity index is 334. The number of aliphatic carboxylic acids is 4. The number of carboxylic acid groups (broad SMARTS) is 4. The summed E-state index contributed by atoms with van der Waals surface area (Å²) >= 11 is 0. The van der Waals surface area contributed by atoms with Crippen molar-refractivity contribution in [2.75, 3.05) is 6.61 Å². The standard InChI is InChI=1S/C8H10O9/c9-4(10)1-3(7(13)14)6(8(15)16)17-2-5(11)12/h3,6H,1-2H2,(H,9,10)(H,11,12)(H,13,14)(H,15,16). The van der Waals surface area contributed by atoms with Gasteiger partial charge in [0.05, 0.1) is 6.42 Å². The quantitative estimate of drug-likeness (QED) is 0.411. The molecular formula is C8H10O9. The second-order valence-electron chi connectivity index (χ2n) is 3.01. The molecule has 0 fully saturated rings. The minimum Gasteiger partial charge on any atom is -0.481 e. The SMILES string of the molecule is O=C(O)COC(C(=O)O)C(CC(=O)O)C(=O)O. The molecule has 2 atom stereocenters. The highest BCUT2D eigenvalue weighted by molar-refractivity contribution is 5.85. The molecule has 96 valence electrons. The van der Waals surface area contributed by atoms with E-state index in [1.165, 1.54) is 0 Å². The van der Waals surface area contributed by atoms with Gasteiger partial charge in [-0.3, -0.25) is 9.59 Å². The average Bonchev–Trinajstić information content (AvgIpc) is 2.14. The molecule has 0 saturated carbocycles. The van der Waals surface area contributed by atoms with E-state index in [2.05, 4.69) is 4.74 Å². The molecule has 0 aromatic rings. The van der Waals surface area contributed by atoms with Crippen LogP contribution in [0.2, 0.25) is 0 Å². The molecule has 0 spiro atoms. The molecule has 0 rings (SSSR count). The summed E-state index contributed by atoms with van der Waals surface area (Å²) in [7, 11) is 0. The molecule has 0 bridgehead atoms. The minimum absolute atomic E-state index is 0.980. The topological polar surface area (TPSA) is 158 Å². The monoisotopic (exact) mass is 250 g/mol. The first kappa shape index (κ1) is 14.8. The summed E-state index contributed by atoms with van der Waals surface area (Å²) in [4.78, 5) is 41.8. The third-order valence-corrected chi connectivity index (χ3v) is 1.71. The number of hydrogen-bond donors (Lipinski definition) is 4. The van der Waals surface area contributed by atoms with Crippen LogP contribution in [0.15, 0.2) is 0 Å². The van der Waals surface area contributed by atoms with E-state index in [-0.39, 0.29) is 0 Å². The Kier molecular flexibility index (Phi) is 5.61. The molecule has 0 aliphatic heterocycles. The van der Waals surface area contributed by atoms with Crippen molar-refractivity contribution in [3.63, 3.8) is 0 Å². The Morgan fingerprint density at radius 2 is 1.41 bits per heavy atom. The molecule has 0 aliphatic carbocycles. The van der Waals surface area contributed by atoms with Crippen molar-refractivity contribution < 1.29 is 44.3 Å². The predicted molar refractivity (Wildman–Crippen MR) is 48.4 cm³/mol. The van der Waals surface area contributed by atoms with Gasteiger partial charge in [0, 0.05) is 0 Å². The van der Waals surface area contributed by atoms with Crippen molar-refractivity contribution >= 4 is 23.9 Å². The van der Waals surface area contributed by atoms with Crippen LogP contribution in [0.4, 0.5) is 0 Å². The van der Waals surface area contributed by atoms with Gasteiger partial charge >= 0.3 is 23.9 Å². The van der Waals surface area contributed by atoms with E-state index >= 15 is 0 Å². The molecule has 0 aromatic heterocycles. The lowest BCUT2D eigenvalue weighted by molar-refractivity contribution is -0.169. The Morgan fingerprint density at radius 1 is 0.882 bits per heavy atom. The zero-order chi connectivity index (χ0) is 13.6. The molecule has 0 amide bonds. The molecule has 0 saturated heterocycles. The molecular weight excluding hydrogens is 240 g/mol. The summed E-state index contributed by atoms with van der Waals surface area (Å²) < 4.78 is 4.35. The van der Waals surface area contributed by atoms with Crippen LogP contribution in [0, 0.1) is 5.92 Å². The minimum atomic E-state index is -2.03. The van der Waals surface area contributed by atoms with Crippen molar-refractivity contribution in [3.8, 4) is 0 Å². The van der Waals surface area contributed by atoms with Gasteiger partial charge in [-0.2, -0.15) is 0 Å². The molecule has 9 nitrogen and oxygen atoms in total. The second kappa shape index (κ2) is 6.43. The van der Waals surface area contributed by atoms with Crippen molar-refractivity contribution in [3.05, 3.63) is 0 Å². The highest BCUT2D eigenvalue weighted by Crippen LogP contribution is 2.14. The summed E-state index contributed by atoms with van der Waals surface area (Å²) in [6.45, 7) is -1.03. The van der Waals surface area contributed by atoms with Crippen molar-refractivity contribution in [2.45, 2.75) is 12.5 Å². The number of ether oxygens (including phenoxy) is 1. The maximum Gasteiger partial charge on any atom is 0.333 e. The number of carbonyl (C=O) groups is 4. The van der Waals surface area contributed by atoms with Crippen LogP contribution in [0.3, 0.4) is 0 Å². The fraction of sp³-hybridized carbons (Fsp3) is 0.500. The first-order chi connectivity index (χ1) is 7.75. The van der Waals surface area contributed by atoms with Gasteiger partial charge in [0.1, 0.15) is 12.5 Å². The summed E-state index contributed by atoms with van der Waals surface area (Å²) in [5.41, 5.74) is 0. The van der Waals surface area contributed by atoms with E-state index < -0.39 is 48.9 Å². The van der Waals surface area contributed by atoms with Crippen LogP contribution in [-0.2, 0) is 23.9 Å². The van der Waals surface area contributed by atoms with Gasteiger partial charge in [0.25, 0.3) is 0 Å². The van der Waals surface area contributed by atoms with Crippen molar-refractivity contribution in [1.29, 1.82) is 0 Å². The fourth-order valence-corrected chi connectivity index (χ4v) is 1.03. The van der Waals surface area contributed by atoms with E-state index in [9.17, 15) is 19.2 Å². The maximum atomic E-state index is 10.7. The first-order valence-electron chi connectivity index (χ1n) is 4.26. The molecule has 0 heterocycles. The average molecular weight is 250 g/mol. The predicted octanol–water partition coefficient (Wildman–Crippen LogP) is -1.28. The summed E-state index contributed by atoms with van der Waals surface area (Å²) in [6.07, 6.45) is -3.01. The van der Waals surface area contributed by atoms with Gasteiger partial charge in [-0.05, 0) is 0 Å². The second-order valence-corrected chi connectivity index (χ2v) is 3.01. The lowest BCUT2D eigenvalue weighted by Crippen LogP contribution is -2.39. The molecule has 9 heteroatoms. The lowest BCUT2D eigenvalue weighted by atomic mass is 9.98. The first-order valence-corrected chi connectivity index (χ1v) is 4.26. The van der Waals surface area contributed by atoms with E-state index in [0.29, 0.717) is 0 Å². The van der Waals surface area contributed by atoms with Crippen LogP contribution < -0.4 is 0 Å². The van der Waals surface area contributed by atoms with Crippen LogP contribution in [0.25, 0.3) is 0 Å². The Morgan fingerprint density at radius 3 is 1.71 bits per heavy atom.